The molecule has 1 aromatic carbocycles. The van der Waals surface area contributed by atoms with E-state index in [0.29, 0.717) is 5.41 Å². The Kier molecular flexibility index (Phi) is 7.11. The summed E-state index contributed by atoms with van der Waals surface area (Å²) in [5.74, 6) is -9.11. The van der Waals surface area contributed by atoms with Gasteiger partial charge in [0, 0.05) is 16.9 Å². The molecule has 0 aliphatic carbocycles. The van der Waals surface area contributed by atoms with Gasteiger partial charge >= 0.3 is 10.1 Å². The molecular formula is C11H10F4N4O5S2. The monoisotopic (exact) mass is 418 g/mol. The van der Waals surface area contributed by atoms with Gasteiger partial charge in [-0.15, -0.1) is 0 Å². The number of benzene rings is 1. The molecule has 0 saturated heterocycles. The van der Waals surface area contributed by atoms with E-state index in [9.17, 15) is 34.4 Å². The highest BCUT2D eigenvalue weighted by Gasteiger charge is 2.33. The van der Waals surface area contributed by atoms with E-state index in [1.54, 1.807) is 0 Å². The van der Waals surface area contributed by atoms with E-state index in [1.807, 2.05) is 9.63 Å². The van der Waals surface area contributed by atoms with E-state index in [4.69, 9.17) is 5.53 Å². The van der Waals surface area contributed by atoms with Crippen LogP contribution in [0.2, 0.25) is 0 Å². The lowest BCUT2D eigenvalue weighted by molar-refractivity contribution is 0.305. The largest absolute Gasteiger partial charge is 0.303 e. The first-order chi connectivity index (χ1) is 12.0. The zero-order valence-electron chi connectivity index (χ0n) is 12.6. The molecule has 1 aromatic rings. The minimum Gasteiger partial charge on any atom is -0.266 e. The van der Waals surface area contributed by atoms with Crippen molar-refractivity contribution in [2.24, 2.45) is 5.11 Å². The molecule has 0 radical (unpaired) electrons. The molecule has 0 aromatic heterocycles. The van der Waals surface area contributed by atoms with Crippen LogP contribution in [0, 0.1) is 23.3 Å². The Morgan fingerprint density at radius 1 is 1.12 bits per heavy atom. The van der Waals surface area contributed by atoms with E-state index < -0.39 is 60.6 Å². The van der Waals surface area contributed by atoms with Gasteiger partial charge in [-0.1, -0.05) is 11.7 Å². The first-order valence-corrected chi connectivity index (χ1v) is 9.36. The molecule has 1 rings (SSSR count). The summed E-state index contributed by atoms with van der Waals surface area (Å²) in [6.45, 7) is 1.93. The van der Waals surface area contributed by atoms with Gasteiger partial charge in [-0.25, -0.2) is 30.7 Å². The Hall–Kier alpha value is -2.19. The lowest BCUT2D eigenvalue weighted by Gasteiger charge is -2.10. The van der Waals surface area contributed by atoms with Gasteiger partial charge in [0.05, 0.1) is 6.61 Å². The summed E-state index contributed by atoms with van der Waals surface area (Å²) in [7, 11) is -9.05. The Morgan fingerprint density at radius 2 is 1.65 bits per heavy atom. The van der Waals surface area contributed by atoms with E-state index in [-0.39, 0.29) is 13.0 Å². The third kappa shape index (κ3) is 4.92. The minimum atomic E-state index is -5.28. The number of rotatable bonds is 9. The number of nitrogens with one attached hydrogen (secondary N) is 1. The number of halogens is 4. The number of nitrogens with zero attached hydrogens (tertiary/aromatic N) is 3. The molecule has 9 nitrogen and oxygen atoms in total. The summed E-state index contributed by atoms with van der Waals surface area (Å²) < 4.78 is 106. The lowest BCUT2D eigenvalue weighted by atomic mass is 10.2. The average molecular weight is 418 g/mol. The number of sulfonamides is 1. The summed E-state index contributed by atoms with van der Waals surface area (Å²) in [6.07, 6.45) is -0.267. The first-order valence-electron chi connectivity index (χ1n) is 6.41. The molecule has 0 aliphatic heterocycles. The van der Waals surface area contributed by atoms with Gasteiger partial charge in [0.1, 0.15) is 5.69 Å². The van der Waals surface area contributed by atoms with Gasteiger partial charge in [0.2, 0.25) is 10.0 Å². The topological polar surface area (TPSA) is 138 Å². The fourth-order valence-electron chi connectivity index (χ4n) is 1.53. The molecule has 0 amide bonds. The quantitative estimate of drug-likeness (QED) is 0.125. The molecular weight excluding hydrogens is 408 g/mol. The van der Waals surface area contributed by atoms with Crippen LogP contribution in [-0.4, -0.2) is 30.0 Å². The fraction of sp³-hybridized carbons (Fsp3) is 0.273. The van der Waals surface area contributed by atoms with Crippen LogP contribution in [0.5, 0.6) is 0 Å². The summed E-state index contributed by atoms with van der Waals surface area (Å²) in [6, 6.07) is 0. The average Bonchev–Trinajstić information content (AvgIpc) is 2.56. The van der Waals surface area contributed by atoms with E-state index in [0.717, 1.165) is 0 Å². The maximum Gasteiger partial charge on any atom is 0.303 e. The maximum atomic E-state index is 13.8. The Labute approximate surface area is 145 Å². The first kappa shape index (κ1) is 21.9. The van der Waals surface area contributed by atoms with Crippen molar-refractivity contribution in [3.63, 3.8) is 0 Å². The predicted octanol–water partition coefficient (Wildman–Crippen LogP) is 2.34. The van der Waals surface area contributed by atoms with Crippen molar-refractivity contribution in [1.29, 1.82) is 0 Å². The summed E-state index contributed by atoms with van der Waals surface area (Å²) in [4.78, 5) is -0.0789. The second kappa shape index (κ2) is 8.46. The number of azide groups is 1. The highest BCUT2D eigenvalue weighted by atomic mass is 32.2. The molecule has 0 unspecified atom stereocenters. The Morgan fingerprint density at radius 3 is 2.12 bits per heavy atom. The molecule has 26 heavy (non-hydrogen) atoms. The Bertz CT molecular complexity index is 946. The van der Waals surface area contributed by atoms with Crippen molar-refractivity contribution in [3.8, 4) is 0 Å². The van der Waals surface area contributed by atoms with Crippen LogP contribution < -0.4 is 4.72 Å². The van der Waals surface area contributed by atoms with Crippen LogP contribution in [0.15, 0.2) is 22.0 Å². The molecule has 0 atom stereocenters. The zero-order chi connectivity index (χ0) is 20.1. The van der Waals surface area contributed by atoms with Crippen molar-refractivity contribution in [2.75, 3.05) is 13.2 Å². The summed E-state index contributed by atoms with van der Waals surface area (Å²) in [5.41, 5.74) is 6.42. The van der Waals surface area contributed by atoms with Crippen LogP contribution in [0.25, 0.3) is 10.4 Å². The van der Waals surface area contributed by atoms with Crippen molar-refractivity contribution in [2.45, 2.75) is 11.3 Å². The van der Waals surface area contributed by atoms with Crippen molar-refractivity contribution in [3.05, 3.63) is 45.7 Å². The van der Waals surface area contributed by atoms with Crippen molar-refractivity contribution < 1.29 is 38.6 Å². The highest BCUT2D eigenvalue weighted by molar-refractivity contribution is 7.92. The van der Waals surface area contributed by atoms with Crippen LogP contribution in [-0.2, 0) is 24.3 Å². The molecule has 144 valence electrons. The molecule has 0 fully saturated rings. The molecule has 0 saturated carbocycles. The molecule has 1 N–H and O–H groups in total. The Balaban J connectivity index is 3.03. The second-order valence-electron chi connectivity index (χ2n) is 4.36. The van der Waals surface area contributed by atoms with Crippen LogP contribution in [0.1, 0.15) is 6.42 Å². The smallest absolute Gasteiger partial charge is 0.266 e. The van der Waals surface area contributed by atoms with E-state index in [1.165, 1.54) is 0 Å². The van der Waals surface area contributed by atoms with Gasteiger partial charge in [0.15, 0.2) is 28.2 Å². The highest BCUT2D eigenvalue weighted by Crippen LogP contribution is 2.33. The third-order valence-electron chi connectivity index (χ3n) is 2.68. The van der Waals surface area contributed by atoms with Crippen LogP contribution >= 0.6 is 0 Å². The molecule has 15 heteroatoms. The van der Waals surface area contributed by atoms with Crippen LogP contribution in [0.4, 0.5) is 23.2 Å². The zero-order valence-corrected chi connectivity index (χ0v) is 14.3. The molecule has 0 spiro atoms. The van der Waals surface area contributed by atoms with Gasteiger partial charge in [-0.05, 0) is 12.0 Å². The maximum absolute atomic E-state index is 13.8. The minimum absolute atomic E-state index is 0.267. The van der Waals surface area contributed by atoms with Gasteiger partial charge in [-0.3, -0.25) is 4.18 Å². The van der Waals surface area contributed by atoms with Crippen LogP contribution in [0.3, 0.4) is 0 Å². The third-order valence-corrected chi connectivity index (χ3v) is 5.06. The van der Waals surface area contributed by atoms with Gasteiger partial charge in [-0.2, -0.15) is 8.42 Å². The number of hydrogen-bond acceptors (Lipinski definition) is 6. The summed E-state index contributed by atoms with van der Waals surface area (Å²) in [5, 5.41) is 3.00. The SMILES string of the molecule is C=CS(=O)(=O)NCCCOS(=O)(=O)c1c(F)c(F)c(N=[N+]=[N-])c(F)c1F. The molecule has 0 bridgehead atoms. The molecule has 0 heterocycles. The van der Waals surface area contributed by atoms with Gasteiger partial charge in [0.25, 0.3) is 0 Å². The van der Waals surface area contributed by atoms with E-state index >= 15 is 0 Å². The predicted molar refractivity (Wildman–Crippen MR) is 80.0 cm³/mol. The van der Waals surface area contributed by atoms with Crippen molar-refractivity contribution >= 4 is 25.8 Å². The van der Waals surface area contributed by atoms with Gasteiger partial charge < -0.3 is 0 Å². The van der Waals surface area contributed by atoms with Crippen molar-refractivity contribution in [1.82, 2.24) is 4.72 Å². The normalized spacial score (nSPS) is 11.8. The fourth-order valence-corrected chi connectivity index (χ4v) is 3.15. The standard InChI is InChI=1S/C11H10F4N4O5S2/c1-2-25(20,21)17-4-3-5-24-26(22,23)11-8(14)6(12)10(18-19-16)7(13)9(11)15/h2,17H,1,3-5H2. The van der Waals surface area contributed by atoms with E-state index in [2.05, 4.69) is 15.9 Å². The summed E-state index contributed by atoms with van der Waals surface area (Å²) >= 11 is 0. The molecule has 0 aliphatic rings. The second-order valence-corrected chi connectivity index (χ2v) is 7.62. The lowest BCUT2D eigenvalue weighted by Crippen LogP contribution is -2.23. The number of hydrogen-bond donors (Lipinski definition) is 1.